The predicted molar refractivity (Wildman–Crippen MR) is 83.9 cm³/mol. The van der Waals surface area contributed by atoms with E-state index < -0.39 is 11.6 Å². The summed E-state index contributed by atoms with van der Waals surface area (Å²) < 4.78 is 14.1. The maximum absolute atomic E-state index is 14.1. The largest absolute Gasteiger partial charge is 0.478 e. The Bertz CT molecular complexity index is 519. The van der Waals surface area contributed by atoms with Gasteiger partial charge in [-0.2, -0.15) is 0 Å². The standard InChI is InChI=1S/C15H20BrFN2O2/c1-15(2,17)11-4-3-9(7-12(11)16)19-13-5-6-18-8-10(13)14(20)21/h5-6,8-9,11-12H,3-4,7H2,1-2H3,(H,18,19)(H,20,21)/t9-,11+,12-/m1/s1. The quantitative estimate of drug-likeness (QED) is 0.801. The summed E-state index contributed by atoms with van der Waals surface area (Å²) in [6.07, 6.45) is 5.26. The molecular weight excluding hydrogens is 339 g/mol. The Hall–Kier alpha value is -1.17. The third-order valence-corrected chi connectivity index (χ3v) is 5.08. The highest BCUT2D eigenvalue weighted by Crippen LogP contribution is 2.39. The molecule has 0 radical (unpaired) electrons. The number of anilines is 1. The van der Waals surface area contributed by atoms with Gasteiger partial charge in [0.25, 0.3) is 0 Å². The van der Waals surface area contributed by atoms with E-state index >= 15 is 0 Å². The number of aromatic carboxylic acids is 1. The van der Waals surface area contributed by atoms with Crippen LogP contribution in [0.25, 0.3) is 0 Å². The van der Waals surface area contributed by atoms with Gasteiger partial charge in [0.15, 0.2) is 0 Å². The molecule has 0 spiro atoms. The lowest BCUT2D eigenvalue weighted by atomic mass is 9.78. The van der Waals surface area contributed by atoms with E-state index in [4.69, 9.17) is 5.11 Å². The number of nitrogens with zero attached hydrogens (tertiary/aromatic N) is 1. The van der Waals surface area contributed by atoms with E-state index in [0.717, 1.165) is 19.3 Å². The second kappa shape index (κ2) is 6.30. The van der Waals surface area contributed by atoms with Crippen LogP contribution in [0.5, 0.6) is 0 Å². The Morgan fingerprint density at radius 1 is 1.52 bits per heavy atom. The van der Waals surface area contributed by atoms with Crippen LogP contribution in [0.15, 0.2) is 18.5 Å². The predicted octanol–water partition coefficient (Wildman–Crippen LogP) is 3.87. The fourth-order valence-corrected chi connectivity index (χ4v) is 4.27. The molecule has 0 bridgehead atoms. The zero-order valence-electron chi connectivity index (χ0n) is 12.1. The summed E-state index contributed by atoms with van der Waals surface area (Å²) >= 11 is 3.58. The summed E-state index contributed by atoms with van der Waals surface area (Å²) in [4.78, 5) is 15.1. The molecule has 3 atom stereocenters. The molecule has 1 aromatic rings. The molecule has 0 unspecified atom stereocenters. The van der Waals surface area contributed by atoms with Crippen molar-refractivity contribution in [2.75, 3.05) is 5.32 Å². The molecule has 1 aromatic heterocycles. The van der Waals surface area contributed by atoms with Gasteiger partial charge in [0, 0.05) is 29.2 Å². The molecule has 4 nitrogen and oxygen atoms in total. The Morgan fingerprint density at radius 3 is 2.81 bits per heavy atom. The average Bonchev–Trinajstić information content (AvgIpc) is 2.37. The lowest BCUT2D eigenvalue weighted by Crippen LogP contribution is -2.41. The van der Waals surface area contributed by atoms with Crippen molar-refractivity contribution in [1.29, 1.82) is 0 Å². The van der Waals surface area contributed by atoms with Crippen molar-refractivity contribution in [2.24, 2.45) is 5.92 Å². The van der Waals surface area contributed by atoms with Gasteiger partial charge in [-0.15, -0.1) is 0 Å². The molecule has 1 heterocycles. The minimum atomic E-state index is -1.21. The third-order valence-electron chi connectivity index (χ3n) is 4.07. The van der Waals surface area contributed by atoms with Gasteiger partial charge in [-0.25, -0.2) is 9.18 Å². The minimum absolute atomic E-state index is 0.0214. The number of pyridine rings is 1. The maximum atomic E-state index is 14.1. The van der Waals surface area contributed by atoms with Crippen molar-refractivity contribution in [3.63, 3.8) is 0 Å². The number of hydrogen-bond donors (Lipinski definition) is 2. The van der Waals surface area contributed by atoms with E-state index in [0.29, 0.717) is 5.69 Å². The smallest absolute Gasteiger partial charge is 0.339 e. The second-order valence-electron chi connectivity index (χ2n) is 6.07. The van der Waals surface area contributed by atoms with Gasteiger partial charge >= 0.3 is 5.97 Å². The van der Waals surface area contributed by atoms with Crippen LogP contribution in [0, 0.1) is 5.92 Å². The van der Waals surface area contributed by atoms with Crippen LogP contribution in [0.2, 0.25) is 0 Å². The van der Waals surface area contributed by atoms with Crippen molar-refractivity contribution in [3.05, 3.63) is 24.0 Å². The SMILES string of the molecule is CC(C)(F)[C@H]1CC[C@@H](Nc2ccncc2C(=O)O)C[C@H]1Br. The molecule has 0 aromatic carbocycles. The Morgan fingerprint density at radius 2 is 2.24 bits per heavy atom. The van der Waals surface area contributed by atoms with E-state index in [-0.39, 0.29) is 22.4 Å². The molecule has 2 rings (SSSR count). The molecule has 116 valence electrons. The first-order valence-corrected chi connectivity index (χ1v) is 7.97. The lowest BCUT2D eigenvalue weighted by Gasteiger charge is -2.38. The Balaban J connectivity index is 2.05. The first-order valence-electron chi connectivity index (χ1n) is 7.06. The molecule has 1 aliphatic carbocycles. The minimum Gasteiger partial charge on any atom is -0.478 e. The van der Waals surface area contributed by atoms with E-state index in [9.17, 15) is 9.18 Å². The summed E-state index contributed by atoms with van der Waals surface area (Å²) in [5, 5.41) is 12.4. The topological polar surface area (TPSA) is 62.2 Å². The Labute approximate surface area is 132 Å². The van der Waals surface area contributed by atoms with Crippen LogP contribution in [-0.4, -0.2) is 32.6 Å². The third kappa shape index (κ3) is 3.93. The molecule has 6 heteroatoms. The number of nitrogens with one attached hydrogen (secondary N) is 1. The van der Waals surface area contributed by atoms with Crippen molar-refractivity contribution in [3.8, 4) is 0 Å². The van der Waals surface area contributed by atoms with Crippen LogP contribution < -0.4 is 5.32 Å². The number of halogens is 2. The fourth-order valence-electron chi connectivity index (χ4n) is 2.93. The summed E-state index contributed by atoms with van der Waals surface area (Å²) in [6, 6.07) is 1.80. The van der Waals surface area contributed by atoms with Crippen LogP contribution in [0.1, 0.15) is 43.5 Å². The van der Waals surface area contributed by atoms with Gasteiger partial charge in [0.1, 0.15) is 11.2 Å². The number of carbonyl (C=O) groups is 1. The molecule has 1 fully saturated rings. The van der Waals surface area contributed by atoms with Crippen molar-refractivity contribution in [2.45, 2.75) is 49.6 Å². The van der Waals surface area contributed by atoms with E-state index in [1.165, 1.54) is 6.20 Å². The highest BCUT2D eigenvalue weighted by atomic mass is 79.9. The van der Waals surface area contributed by atoms with Crippen LogP contribution in [-0.2, 0) is 0 Å². The van der Waals surface area contributed by atoms with Gasteiger partial charge in [0.05, 0.1) is 5.69 Å². The molecule has 1 aliphatic rings. The number of carboxylic acid groups (broad SMARTS) is 1. The summed E-state index contributed by atoms with van der Waals surface area (Å²) in [5.74, 6) is -1.02. The molecule has 21 heavy (non-hydrogen) atoms. The number of aromatic nitrogens is 1. The average molecular weight is 359 g/mol. The summed E-state index contributed by atoms with van der Waals surface area (Å²) in [7, 11) is 0. The Kier molecular flexibility index (Phi) is 4.86. The zero-order chi connectivity index (χ0) is 15.6. The number of hydrogen-bond acceptors (Lipinski definition) is 3. The van der Waals surface area contributed by atoms with Gasteiger partial charge in [-0.3, -0.25) is 4.98 Å². The zero-order valence-corrected chi connectivity index (χ0v) is 13.7. The van der Waals surface area contributed by atoms with Crippen LogP contribution >= 0.6 is 15.9 Å². The summed E-state index contributed by atoms with van der Waals surface area (Å²) in [5.41, 5.74) is -0.473. The molecule has 0 amide bonds. The number of carboxylic acids is 1. The molecule has 1 saturated carbocycles. The van der Waals surface area contributed by atoms with E-state index in [1.807, 2.05) is 0 Å². The number of rotatable bonds is 4. The van der Waals surface area contributed by atoms with Gasteiger partial charge < -0.3 is 10.4 Å². The molecule has 0 saturated heterocycles. The van der Waals surface area contributed by atoms with Gasteiger partial charge in [0.2, 0.25) is 0 Å². The van der Waals surface area contributed by atoms with Crippen molar-refractivity contribution in [1.82, 2.24) is 4.98 Å². The monoisotopic (exact) mass is 358 g/mol. The summed E-state index contributed by atoms with van der Waals surface area (Å²) in [6.45, 7) is 3.23. The lowest BCUT2D eigenvalue weighted by molar-refractivity contribution is 0.0697. The van der Waals surface area contributed by atoms with Gasteiger partial charge in [-0.1, -0.05) is 15.9 Å². The second-order valence-corrected chi connectivity index (χ2v) is 7.24. The number of alkyl halides is 2. The van der Waals surface area contributed by atoms with Crippen molar-refractivity contribution < 1.29 is 14.3 Å². The molecular formula is C15H20BrFN2O2. The fraction of sp³-hybridized carbons (Fsp3) is 0.600. The normalized spacial score (nSPS) is 26.4. The first-order chi connectivity index (χ1) is 9.79. The highest BCUT2D eigenvalue weighted by molar-refractivity contribution is 9.09. The van der Waals surface area contributed by atoms with Crippen LogP contribution in [0.4, 0.5) is 10.1 Å². The molecule has 0 aliphatic heterocycles. The van der Waals surface area contributed by atoms with E-state index in [2.05, 4.69) is 26.2 Å². The molecule has 2 N–H and O–H groups in total. The van der Waals surface area contributed by atoms with Crippen molar-refractivity contribution >= 4 is 27.6 Å². The van der Waals surface area contributed by atoms with E-state index in [1.54, 1.807) is 26.1 Å². The van der Waals surface area contributed by atoms with Crippen LogP contribution in [0.3, 0.4) is 0 Å². The first kappa shape index (κ1) is 16.2. The highest BCUT2D eigenvalue weighted by Gasteiger charge is 2.39. The van der Waals surface area contributed by atoms with Gasteiger partial charge in [-0.05, 0) is 39.2 Å². The maximum Gasteiger partial charge on any atom is 0.339 e.